The van der Waals surface area contributed by atoms with E-state index in [1.807, 2.05) is 6.07 Å². The van der Waals surface area contributed by atoms with Crippen molar-refractivity contribution in [1.29, 1.82) is 0 Å². The topological polar surface area (TPSA) is 31.9 Å². The van der Waals surface area contributed by atoms with Gasteiger partial charge in [-0.05, 0) is 18.7 Å². The smallest absolute Gasteiger partial charge is 0.137 e. The third-order valence-corrected chi connectivity index (χ3v) is 3.19. The van der Waals surface area contributed by atoms with Crippen molar-refractivity contribution in [2.45, 2.75) is 13.0 Å². The molecule has 0 aliphatic carbocycles. The number of pyridine rings is 1. The van der Waals surface area contributed by atoms with Gasteiger partial charge in [-0.2, -0.15) is 0 Å². The molecule has 0 aromatic carbocycles. The highest BCUT2D eigenvalue weighted by atomic mass is 35.5. The molecule has 0 fully saturated rings. The van der Waals surface area contributed by atoms with E-state index < -0.39 is 0 Å². The van der Waals surface area contributed by atoms with Crippen LogP contribution in [0.25, 0.3) is 11.0 Å². The van der Waals surface area contributed by atoms with Gasteiger partial charge in [-0.25, -0.2) is 4.98 Å². The molecule has 1 aliphatic heterocycles. The number of likely N-dealkylation sites (N-methyl/N-ethyl adjacent to an activating group) is 1. The van der Waals surface area contributed by atoms with Crippen LogP contribution in [0.3, 0.4) is 0 Å². The van der Waals surface area contributed by atoms with Gasteiger partial charge in [-0.3, -0.25) is 0 Å². The predicted molar refractivity (Wildman–Crippen MR) is 61.1 cm³/mol. The molecule has 0 bridgehead atoms. The molecule has 0 atom stereocenters. The third-order valence-electron chi connectivity index (χ3n) is 2.98. The molecule has 2 aromatic heterocycles. The maximum atomic E-state index is 5.96. The number of hydrogen-bond donors (Lipinski definition) is 1. The maximum Gasteiger partial charge on any atom is 0.137 e. The Kier molecular flexibility index (Phi) is 1.97. The van der Waals surface area contributed by atoms with Crippen LogP contribution in [0.5, 0.6) is 0 Å². The fourth-order valence-electron chi connectivity index (χ4n) is 2.20. The van der Waals surface area contributed by atoms with Crippen molar-refractivity contribution in [3.05, 3.63) is 28.5 Å². The minimum atomic E-state index is 0.706. The highest BCUT2D eigenvalue weighted by molar-refractivity contribution is 6.31. The van der Waals surface area contributed by atoms with E-state index in [0.717, 1.165) is 25.2 Å². The van der Waals surface area contributed by atoms with Crippen molar-refractivity contribution in [3.63, 3.8) is 0 Å². The van der Waals surface area contributed by atoms with E-state index in [1.54, 1.807) is 6.20 Å². The molecule has 0 amide bonds. The van der Waals surface area contributed by atoms with Gasteiger partial charge in [0.1, 0.15) is 5.65 Å². The number of fused-ring (bicyclic) bond motifs is 3. The monoisotopic (exact) mass is 221 g/mol. The first-order valence-corrected chi connectivity index (χ1v) is 5.45. The highest BCUT2D eigenvalue weighted by Gasteiger charge is 2.18. The molecule has 78 valence electrons. The van der Waals surface area contributed by atoms with Crippen LogP contribution in [0.15, 0.2) is 12.3 Å². The van der Waals surface area contributed by atoms with Gasteiger partial charge < -0.3 is 9.88 Å². The van der Waals surface area contributed by atoms with Crippen molar-refractivity contribution >= 4 is 22.6 Å². The zero-order valence-corrected chi connectivity index (χ0v) is 9.30. The fourth-order valence-corrected chi connectivity index (χ4v) is 2.35. The molecule has 3 heterocycles. The summed E-state index contributed by atoms with van der Waals surface area (Å²) in [5.74, 6) is 0. The molecule has 0 unspecified atom stereocenters. The zero-order chi connectivity index (χ0) is 10.4. The molecule has 1 aliphatic rings. The molecule has 0 radical (unpaired) electrons. The second-order valence-electron chi connectivity index (χ2n) is 4.12. The van der Waals surface area contributed by atoms with E-state index >= 15 is 0 Å². The predicted octanol–water partition coefficient (Wildman–Crippen LogP) is 2.20. The van der Waals surface area contributed by atoms with Gasteiger partial charge in [0, 0.05) is 36.8 Å². The summed E-state index contributed by atoms with van der Waals surface area (Å²) >= 11 is 5.96. The van der Waals surface area contributed by atoms with E-state index in [1.165, 1.54) is 16.6 Å². The molecule has 1 N–H and O–H groups in total. The number of nitrogens with zero attached hydrogens (tertiary/aromatic N) is 2. The third kappa shape index (κ3) is 1.43. The van der Waals surface area contributed by atoms with Crippen LogP contribution in [0, 0.1) is 0 Å². The summed E-state index contributed by atoms with van der Waals surface area (Å²) in [5, 5.41) is 1.88. The summed E-state index contributed by atoms with van der Waals surface area (Å²) in [7, 11) is 2.14. The lowest BCUT2D eigenvalue weighted by molar-refractivity contribution is 0.313. The number of hydrogen-bond acceptors (Lipinski definition) is 2. The number of aromatic nitrogens is 2. The Morgan fingerprint density at radius 1 is 1.53 bits per heavy atom. The van der Waals surface area contributed by atoms with Crippen molar-refractivity contribution in [2.24, 2.45) is 0 Å². The molecule has 15 heavy (non-hydrogen) atoms. The number of nitrogens with one attached hydrogen (secondary N) is 1. The van der Waals surface area contributed by atoms with E-state index in [9.17, 15) is 0 Å². The Morgan fingerprint density at radius 2 is 2.40 bits per heavy atom. The molecular formula is C11H12ClN3. The van der Waals surface area contributed by atoms with Crippen LogP contribution in [0.2, 0.25) is 5.02 Å². The van der Waals surface area contributed by atoms with Crippen molar-refractivity contribution in [1.82, 2.24) is 14.9 Å². The minimum Gasteiger partial charge on any atom is -0.343 e. The molecule has 3 nitrogen and oxygen atoms in total. The van der Waals surface area contributed by atoms with Crippen LogP contribution >= 0.6 is 11.6 Å². The van der Waals surface area contributed by atoms with Crippen LogP contribution in [0.4, 0.5) is 0 Å². The Labute approximate surface area is 93.1 Å². The van der Waals surface area contributed by atoms with Gasteiger partial charge in [0.2, 0.25) is 0 Å². The van der Waals surface area contributed by atoms with E-state index in [0.29, 0.717) is 5.02 Å². The van der Waals surface area contributed by atoms with Gasteiger partial charge in [0.05, 0.1) is 5.02 Å². The quantitative estimate of drug-likeness (QED) is 0.740. The lowest BCUT2D eigenvalue weighted by Crippen LogP contribution is -2.25. The molecule has 2 aromatic rings. The first kappa shape index (κ1) is 9.19. The fraction of sp³-hybridized carbons (Fsp3) is 0.364. The summed E-state index contributed by atoms with van der Waals surface area (Å²) in [6, 6.07) is 2.00. The van der Waals surface area contributed by atoms with Gasteiger partial charge >= 0.3 is 0 Å². The van der Waals surface area contributed by atoms with Crippen molar-refractivity contribution in [3.8, 4) is 0 Å². The molecule has 3 rings (SSSR count). The Hall–Kier alpha value is -1.06. The SMILES string of the molecule is CN1CCc2[nH]c3ncc(Cl)cc3c2C1. The second kappa shape index (κ2) is 3.22. The molecular weight excluding hydrogens is 210 g/mol. The molecule has 0 saturated heterocycles. The first-order valence-electron chi connectivity index (χ1n) is 5.07. The summed E-state index contributed by atoms with van der Waals surface area (Å²) < 4.78 is 0. The standard InChI is InChI=1S/C11H12ClN3/c1-15-3-2-10-9(6-15)8-4-7(12)5-13-11(8)14-10/h4-5H,2-3,6H2,1H3,(H,13,14). The second-order valence-corrected chi connectivity index (χ2v) is 4.56. The molecule has 4 heteroatoms. The summed E-state index contributed by atoms with van der Waals surface area (Å²) in [6.45, 7) is 2.09. The van der Waals surface area contributed by atoms with Crippen LogP contribution in [-0.4, -0.2) is 28.5 Å². The van der Waals surface area contributed by atoms with Gasteiger partial charge in [0.25, 0.3) is 0 Å². The van der Waals surface area contributed by atoms with Gasteiger partial charge in [-0.15, -0.1) is 0 Å². The lowest BCUT2D eigenvalue weighted by atomic mass is 10.1. The summed E-state index contributed by atoms with van der Waals surface area (Å²) in [4.78, 5) is 9.99. The van der Waals surface area contributed by atoms with Gasteiger partial charge in [-0.1, -0.05) is 11.6 Å². The first-order chi connectivity index (χ1) is 7.24. The largest absolute Gasteiger partial charge is 0.343 e. The number of H-pyrrole nitrogens is 1. The van der Waals surface area contributed by atoms with Crippen LogP contribution in [0.1, 0.15) is 11.3 Å². The average molecular weight is 222 g/mol. The number of rotatable bonds is 0. The average Bonchev–Trinajstić information content (AvgIpc) is 2.56. The zero-order valence-electron chi connectivity index (χ0n) is 8.55. The molecule has 0 spiro atoms. The highest BCUT2D eigenvalue weighted by Crippen LogP contribution is 2.27. The van der Waals surface area contributed by atoms with Crippen molar-refractivity contribution in [2.75, 3.05) is 13.6 Å². The normalized spacial score (nSPS) is 16.9. The number of halogens is 1. The lowest BCUT2D eigenvalue weighted by Gasteiger charge is -2.22. The van der Waals surface area contributed by atoms with Crippen LogP contribution in [-0.2, 0) is 13.0 Å². The van der Waals surface area contributed by atoms with Crippen molar-refractivity contribution < 1.29 is 0 Å². The van der Waals surface area contributed by atoms with E-state index in [-0.39, 0.29) is 0 Å². The van der Waals surface area contributed by atoms with Gasteiger partial charge in [0.15, 0.2) is 0 Å². The Balaban J connectivity index is 2.25. The maximum absolute atomic E-state index is 5.96. The Bertz CT molecular complexity index is 518. The van der Waals surface area contributed by atoms with Crippen LogP contribution < -0.4 is 0 Å². The number of aromatic amines is 1. The van der Waals surface area contributed by atoms with E-state index in [2.05, 4.69) is 21.9 Å². The van der Waals surface area contributed by atoms with E-state index in [4.69, 9.17) is 11.6 Å². The Morgan fingerprint density at radius 3 is 3.27 bits per heavy atom. The summed E-state index contributed by atoms with van der Waals surface area (Å²) in [5.41, 5.74) is 3.63. The molecule has 0 saturated carbocycles. The summed E-state index contributed by atoms with van der Waals surface area (Å²) in [6.07, 6.45) is 2.76. The minimum absolute atomic E-state index is 0.706.